The number of nitriles is 1. The van der Waals surface area contributed by atoms with Crippen LogP contribution < -0.4 is 5.32 Å². The fourth-order valence-electron chi connectivity index (χ4n) is 2.51. The van der Waals surface area contributed by atoms with Gasteiger partial charge in [0.05, 0.1) is 11.8 Å². The summed E-state index contributed by atoms with van der Waals surface area (Å²) in [6, 6.07) is 3.50. The molecule has 0 aliphatic rings. The molecule has 0 aliphatic carbocycles. The van der Waals surface area contributed by atoms with E-state index in [0.29, 0.717) is 11.1 Å². The minimum Gasteiger partial charge on any atom is -0.336 e. The van der Waals surface area contributed by atoms with Gasteiger partial charge in [0.2, 0.25) is 5.91 Å². The molecule has 0 radical (unpaired) electrons. The Morgan fingerprint density at radius 3 is 2.85 bits per heavy atom. The molecule has 9 heteroatoms. The number of aromatic nitrogens is 2. The van der Waals surface area contributed by atoms with Gasteiger partial charge in [0.25, 0.3) is 0 Å². The summed E-state index contributed by atoms with van der Waals surface area (Å²) >= 11 is 2.78. The molecule has 2 heterocycles. The number of rotatable bonds is 5. The van der Waals surface area contributed by atoms with Crippen molar-refractivity contribution in [2.75, 3.05) is 5.75 Å². The topological polar surface area (TPSA) is 78.7 Å². The number of thioether (sulfide) groups is 1. The Bertz CT molecular complexity index is 1060. The summed E-state index contributed by atoms with van der Waals surface area (Å²) in [5.74, 6) is -2.08. The molecule has 1 unspecified atom stereocenters. The van der Waals surface area contributed by atoms with Crippen LogP contribution in [0.2, 0.25) is 0 Å². The summed E-state index contributed by atoms with van der Waals surface area (Å²) in [6.07, 6.45) is 1.45. The minimum atomic E-state index is -1.20. The van der Waals surface area contributed by atoms with E-state index in [2.05, 4.69) is 15.3 Å². The van der Waals surface area contributed by atoms with Crippen LogP contribution in [0, 0.1) is 36.8 Å². The molecule has 5 nitrogen and oxygen atoms in total. The van der Waals surface area contributed by atoms with E-state index >= 15 is 0 Å². The first kappa shape index (κ1) is 19.2. The van der Waals surface area contributed by atoms with Crippen LogP contribution in [-0.2, 0) is 4.79 Å². The molecule has 0 fully saturated rings. The van der Waals surface area contributed by atoms with E-state index in [9.17, 15) is 18.8 Å². The molecule has 27 heavy (non-hydrogen) atoms. The van der Waals surface area contributed by atoms with Crippen molar-refractivity contribution in [3.8, 4) is 6.07 Å². The third-order valence-corrected chi connectivity index (χ3v) is 6.08. The Hall–Kier alpha value is -2.57. The molecular weight excluding hydrogens is 390 g/mol. The third kappa shape index (κ3) is 4.07. The highest BCUT2D eigenvalue weighted by molar-refractivity contribution is 8.00. The smallest absolute Gasteiger partial charge is 0.231 e. The van der Waals surface area contributed by atoms with Crippen molar-refractivity contribution < 1.29 is 13.6 Å². The number of aryl methyl sites for hydroxylation is 2. The van der Waals surface area contributed by atoms with Gasteiger partial charge in [-0.3, -0.25) is 4.79 Å². The zero-order chi connectivity index (χ0) is 19.6. The molecule has 1 atom stereocenters. The second-order valence-electron chi connectivity index (χ2n) is 5.73. The number of carbonyl (C=O) groups is 1. The van der Waals surface area contributed by atoms with E-state index in [4.69, 9.17) is 0 Å². The maximum atomic E-state index is 13.8. The van der Waals surface area contributed by atoms with Gasteiger partial charge in [0, 0.05) is 21.9 Å². The van der Waals surface area contributed by atoms with Gasteiger partial charge in [-0.05, 0) is 25.5 Å². The lowest BCUT2D eigenvalue weighted by Crippen LogP contribution is -2.29. The second kappa shape index (κ2) is 7.98. The molecule has 0 saturated heterocycles. The highest BCUT2D eigenvalue weighted by Crippen LogP contribution is 2.34. The summed E-state index contributed by atoms with van der Waals surface area (Å²) in [5, 5.41) is 13.3. The molecule has 0 aliphatic heterocycles. The highest BCUT2D eigenvalue weighted by atomic mass is 32.2. The van der Waals surface area contributed by atoms with Crippen LogP contribution in [0.25, 0.3) is 10.2 Å². The molecule has 138 valence electrons. The van der Waals surface area contributed by atoms with Crippen molar-refractivity contribution >= 4 is 39.2 Å². The van der Waals surface area contributed by atoms with Gasteiger partial charge in [0.1, 0.15) is 33.9 Å². The fraction of sp³-hybridized carbons (Fsp3) is 0.222. The first-order chi connectivity index (χ1) is 12.9. The van der Waals surface area contributed by atoms with Crippen LogP contribution in [-0.4, -0.2) is 21.6 Å². The van der Waals surface area contributed by atoms with Crippen LogP contribution in [0.4, 0.5) is 8.78 Å². The molecule has 1 aromatic carbocycles. The van der Waals surface area contributed by atoms with Crippen LogP contribution >= 0.6 is 23.1 Å². The first-order valence-electron chi connectivity index (χ1n) is 7.88. The number of nitrogens with zero attached hydrogens (tertiary/aromatic N) is 3. The lowest BCUT2D eigenvalue weighted by molar-refractivity contribution is -0.118. The summed E-state index contributed by atoms with van der Waals surface area (Å²) < 4.78 is 26.9. The van der Waals surface area contributed by atoms with E-state index in [0.717, 1.165) is 32.8 Å². The molecule has 0 spiro atoms. The summed E-state index contributed by atoms with van der Waals surface area (Å²) in [6.45, 7) is 3.97. The van der Waals surface area contributed by atoms with Crippen molar-refractivity contribution in [2.45, 2.75) is 24.9 Å². The maximum absolute atomic E-state index is 13.8. The lowest BCUT2D eigenvalue weighted by Gasteiger charge is -2.13. The monoisotopic (exact) mass is 404 g/mol. The number of nitrogens with one attached hydrogen (secondary N) is 1. The van der Waals surface area contributed by atoms with Gasteiger partial charge in [-0.15, -0.1) is 11.3 Å². The molecule has 3 aromatic rings. The van der Waals surface area contributed by atoms with Gasteiger partial charge in [0.15, 0.2) is 0 Å². The van der Waals surface area contributed by atoms with Crippen molar-refractivity contribution in [3.63, 3.8) is 0 Å². The quantitative estimate of drug-likeness (QED) is 0.512. The van der Waals surface area contributed by atoms with Crippen molar-refractivity contribution in [3.05, 3.63) is 52.2 Å². The Labute approximate surface area is 162 Å². The van der Waals surface area contributed by atoms with Gasteiger partial charge in [-0.25, -0.2) is 18.7 Å². The third-order valence-electron chi connectivity index (χ3n) is 3.98. The van der Waals surface area contributed by atoms with Gasteiger partial charge in [-0.2, -0.15) is 5.26 Å². The van der Waals surface area contributed by atoms with E-state index in [1.807, 2.05) is 19.9 Å². The van der Waals surface area contributed by atoms with Crippen molar-refractivity contribution in [1.29, 1.82) is 5.26 Å². The molecule has 0 bridgehead atoms. The SMILES string of the molecule is Cc1sc2ncnc(SCC(=O)NC(C#N)c3ccc(F)cc3F)c2c1C. The molecule has 1 N–H and O–H groups in total. The van der Waals surface area contributed by atoms with Crippen LogP contribution in [0.3, 0.4) is 0 Å². The lowest BCUT2D eigenvalue weighted by atomic mass is 10.1. The zero-order valence-corrected chi connectivity index (χ0v) is 16.0. The fourth-order valence-corrected chi connectivity index (χ4v) is 4.44. The largest absolute Gasteiger partial charge is 0.336 e. The van der Waals surface area contributed by atoms with Crippen LogP contribution in [0.1, 0.15) is 22.0 Å². The number of hydrogen-bond donors (Lipinski definition) is 1. The van der Waals surface area contributed by atoms with E-state index in [1.165, 1.54) is 18.1 Å². The average Bonchev–Trinajstić information content (AvgIpc) is 2.93. The first-order valence-corrected chi connectivity index (χ1v) is 9.68. The molecule has 2 aromatic heterocycles. The van der Waals surface area contributed by atoms with Gasteiger partial charge < -0.3 is 5.32 Å². The number of carbonyl (C=O) groups excluding carboxylic acids is 1. The summed E-state index contributed by atoms with van der Waals surface area (Å²) in [7, 11) is 0. The molecule has 3 rings (SSSR count). The number of hydrogen-bond acceptors (Lipinski definition) is 6. The Morgan fingerprint density at radius 2 is 2.15 bits per heavy atom. The summed E-state index contributed by atoms with van der Waals surface area (Å²) in [5.41, 5.74) is 0.993. The average molecular weight is 404 g/mol. The van der Waals surface area contributed by atoms with Gasteiger partial charge in [-0.1, -0.05) is 17.8 Å². The minimum absolute atomic E-state index is 0.00143. The zero-order valence-electron chi connectivity index (χ0n) is 14.4. The summed E-state index contributed by atoms with van der Waals surface area (Å²) in [4.78, 5) is 22.7. The Balaban J connectivity index is 1.72. The van der Waals surface area contributed by atoms with Crippen molar-refractivity contribution in [2.24, 2.45) is 0 Å². The Morgan fingerprint density at radius 1 is 1.37 bits per heavy atom. The highest BCUT2D eigenvalue weighted by Gasteiger charge is 2.19. The number of amides is 1. The number of thiophene rings is 1. The normalized spacial score (nSPS) is 12.0. The number of halogens is 2. The predicted octanol–water partition coefficient (Wildman–Crippen LogP) is 4.06. The molecular formula is C18H14F2N4OS2. The number of benzene rings is 1. The molecule has 0 saturated carbocycles. The van der Waals surface area contributed by atoms with Crippen LogP contribution in [0.5, 0.6) is 0 Å². The van der Waals surface area contributed by atoms with Gasteiger partial charge >= 0.3 is 0 Å². The standard InChI is InChI=1S/C18H14F2N4OS2/c1-9-10(2)27-18-16(9)17(22-8-23-18)26-7-15(25)24-14(6-21)12-4-3-11(19)5-13(12)20/h3-5,8,14H,7H2,1-2H3,(H,24,25). The van der Waals surface area contributed by atoms with E-state index in [-0.39, 0.29) is 11.3 Å². The molecule has 1 amide bonds. The number of fused-ring (bicyclic) bond motifs is 1. The maximum Gasteiger partial charge on any atom is 0.231 e. The van der Waals surface area contributed by atoms with Crippen molar-refractivity contribution in [1.82, 2.24) is 15.3 Å². The van der Waals surface area contributed by atoms with E-state index < -0.39 is 23.6 Å². The van der Waals surface area contributed by atoms with E-state index in [1.54, 1.807) is 11.3 Å². The Kier molecular flexibility index (Phi) is 5.68. The predicted molar refractivity (Wildman–Crippen MR) is 100 cm³/mol. The second-order valence-corrected chi connectivity index (χ2v) is 7.89. The van der Waals surface area contributed by atoms with Crippen LogP contribution in [0.15, 0.2) is 29.6 Å².